The van der Waals surface area contributed by atoms with Gasteiger partial charge in [-0.15, -0.1) is 0 Å². The molecule has 0 bridgehead atoms. The molecule has 1 heterocycles. The molecule has 1 saturated heterocycles. The van der Waals surface area contributed by atoms with Crippen LogP contribution in [0.2, 0.25) is 0 Å². The molecular weight excluding hydrogens is 212 g/mol. The Morgan fingerprint density at radius 1 is 1.44 bits per heavy atom. The average Bonchev–Trinajstić information content (AvgIpc) is 2.25. The zero-order chi connectivity index (χ0) is 11.8. The van der Waals surface area contributed by atoms with Crippen LogP contribution in [0.15, 0.2) is 0 Å². The Morgan fingerprint density at radius 3 is 2.62 bits per heavy atom. The fourth-order valence-electron chi connectivity index (χ4n) is 2.07. The van der Waals surface area contributed by atoms with E-state index in [-0.39, 0.29) is 19.1 Å². The monoisotopic (exact) mass is 228 g/mol. The summed E-state index contributed by atoms with van der Waals surface area (Å²) in [5.74, 6) is -1.16. The van der Waals surface area contributed by atoms with Gasteiger partial charge in [-0.05, 0) is 19.3 Å². The summed E-state index contributed by atoms with van der Waals surface area (Å²) in [6, 6.07) is 0. The molecule has 90 valence electrons. The Labute approximate surface area is 93.3 Å². The van der Waals surface area contributed by atoms with Crippen LogP contribution < -0.4 is 5.73 Å². The Bertz CT molecular complexity index is 314. The number of rotatable bonds is 2. The molecule has 2 aliphatic rings. The van der Waals surface area contributed by atoms with Crippen LogP contribution in [0, 0.1) is 0 Å². The summed E-state index contributed by atoms with van der Waals surface area (Å²) in [4.78, 5) is 24.3. The fraction of sp³-hybridized carbons (Fsp3) is 0.800. The zero-order valence-electron chi connectivity index (χ0n) is 9.02. The molecule has 16 heavy (non-hydrogen) atoms. The van der Waals surface area contributed by atoms with Crippen LogP contribution in [0.5, 0.6) is 0 Å². The van der Waals surface area contributed by atoms with Gasteiger partial charge in [-0.1, -0.05) is 0 Å². The lowest BCUT2D eigenvalue weighted by molar-refractivity contribution is -0.162. The third-order valence-electron chi connectivity index (χ3n) is 3.30. The number of morpholine rings is 1. The first-order valence-corrected chi connectivity index (χ1v) is 5.46. The summed E-state index contributed by atoms with van der Waals surface area (Å²) < 4.78 is 5.05. The van der Waals surface area contributed by atoms with Gasteiger partial charge in [0, 0.05) is 6.54 Å². The van der Waals surface area contributed by atoms with Crippen LogP contribution in [0.1, 0.15) is 19.3 Å². The quantitative estimate of drug-likeness (QED) is 0.644. The maximum absolute atomic E-state index is 12.0. The second-order valence-electron chi connectivity index (χ2n) is 4.46. The molecule has 1 atom stereocenters. The van der Waals surface area contributed by atoms with Crippen LogP contribution >= 0.6 is 0 Å². The lowest BCUT2D eigenvalue weighted by Gasteiger charge is -2.42. The number of carbonyl (C=O) groups is 2. The van der Waals surface area contributed by atoms with E-state index >= 15 is 0 Å². The highest BCUT2D eigenvalue weighted by molar-refractivity contribution is 5.87. The fourth-order valence-corrected chi connectivity index (χ4v) is 2.07. The van der Waals surface area contributed by atoms with Gasteiger partial charge in [-0.3, -0.25) is 4.79 Å². The first-order chi connectivity index (χ1) is 7.53. The van der Waals surface area contributed by atoms with E-state index in [0.29, 0.717) is 19.4 Å². The molecule has 1 aliphatic carbocycles. The Balaban J connectivity index is 1.99. The second-order valence-corrected chi connectivity index (χ2v) is 4.46. The number of carbonyl (C=O) groups excluding carboxylic acids is 1. The first-order valence-electron chi connectivity index (χ1n) is 5.46. The number of carboxylic acids is 1. The normalized spacial score (nSPS) is 28.3. The minimum atomic E-state index is -1.03. The summed E-state index contributed by atoms with van der Waals surface area (Å²) in [5, 5.41) is 8.82. The molecule has 1 aliphatic heterocycles. The number of aliphatic carboxylic acids is 1. The molecule has 3 N–H and O–H groups in total. The van der Waals surface area contributed by atoms with Crippen LogP contribution in [0.3, 0.4) is 0 Å². The molecular formula is C10H16N2O4. The maximum atomic E-state index is 12.0. The molecule has 2 fully saturated rings. The Hall–Kier alpha value is -1.14. The van der Waals surface area contributed by atoms with Crippen molar-refractivity contribution in [1.82, 2.24) is 4.90 Å². The summed E-state index contributed by atoms with van der Waals surface area (Å²) in [6.45, 7) is 0.799. The molecule has 1 unspecified atom stereocenters. The zero-order valence-corrected chi connectivity index (χ0v) is 9.02. The van der Waals surface area contributed by atoms with Gasteiger partial charge in [-0.2, -0.15) is 0 Å². The lowest BCUT2D eigenvalue weighted by atomic mass is 9.76. The third-order valence-corrected chi connectivity index (χ3v) is 3.30. The third kappa shape index (κ3) is 1.90. The van der Waals surface area contributed by atoms with Crippen LogP contribution in [0.4, 0.5) is 0 Å². The number of hydrogen-bond donors (Lipinski definition) is 2. The summed E-state index contributed by atoms with van der Waals surface area (Å²) in [6.07, 6.45) is 1.44. The van der Waals surface area contributed by atoms with Crippen LogP contribution in [-0.4, -0.2) is 53.2 Å². The predicted octanol–water partition coefficient (Wildman–Crippen LogP) is -0.820. The molecule has 1 saturated carbocycles. The van der Waals surface area contributed by atoms with E-state index in [1.165, 1.54) is 4.90 Å². The highest BCUT2D eigenvalue weighted by Gasteiger charge is 2.44. The van der Waals surface area contributed by atoms with Crippen molar-refractivity contribution in [2.45, 2.75) is 30.9 Å². The highest BCUT2D eigenvalue weighted by atomic mass is 16.5. The van der Waals surface area contributed by atoms with Gasteiger partial charge in [0.1, 0.15) is 0 Å². The van der Waals surface area contributed by atoms with E-state index in [0.717, 1.165) is 6.42 Å². The van der Waals surface area contributed by atoms with Gasteiger partial charge in [0.25, 0.3) is 0 Å². The van der Waals surface area contributed by atoms with Gasteiger partial charge in [-0.25, -0.2) is 4.79 Å². The standard InChI is InChI=1S/C10H16N2O4/c11-10(2-1-3-10)9(15)12-4-5-16-7(6-12)8(13)14/h7H,1-6,11H2,(H,13,14). The summed E-state index contributed by atoms with van der Waals surface area (Å²) >= 11 is 0. The molecule has 6 nitrogen and oxygen atoms in total. The van der Waals surface area contributed by atoms with Crippen molar-refractivity contribution in [2.75, 3.05) is 19.7 Å². The van der Waals surface area contributed by atoms with E-state index in [4.69, 9.17) is 15.6 Å². The summed E-state index contributed by atoms with van der Waals surface area (Å²) in [5.41, 5.74) is 5.17. The molecule has 0 aromatic heterocycles. The van der Waals surface area contributed by atoms with Crippen molar-refractivity contribution < 1.29 is 19.4 Å². The van der Waals surface area contributed by atoms with Gasteiger partial charge >= 0.3 is 5.97 Å². The van der Waals surface area contributed by atoms with Crippen molar-refractivity contribution in [2.24, 2.45) is 5.73 Å². The van der Waals surface area contributed by atoms with E-state index in [1.807, 2.05) is 0 Å². The lowest BCUT2D eigenvalue weighted by Crippen LogP contribution is -2.62. The molecule has 0 aromatic rings. The summed E-state index contributed by atoms with van der Waals surface area (Å²) in [7, 11) is 0. The van der Waals surface area contributed by atoms with E-state index in [9.17, 15) is 9.59 Å². The number of hydrogen-bond acceptors (Lipinski definition) is 4. The maximum Gasteiger partial charge on any atom is 0.334 e. The number of amides is 1. The molecule has 2 rings (SSSR count). The molecule has 0 radical (unpaired) electrons. The minimum absolute atomic E-state index is 0.104. The molecule has 0 aromatic carbocycles. The van der Waals surface area contributed by atoms with Crippen molar-refractivity contribution in [3.63, 3.8) is 0 Å². The number of nitrogens with two attached hydrogens (primary N) is 1. The molecule has 1 amide bonds. The Morgan fingerprint density at radius 2 is 2.12 bits per heavy atom. The van der Waals surface area contributed by atoms with Crippen LogP contribution in [0.25, 0.3) is 0 Å². The SMILES string of the molecule is NC1(C(=O)N2CCOC(C(=O)O)C2)CCC1. The first kappa shape index (κ1) is 11.3. The topological polar surface area (TPSA) is 92.9 Å². The van der Waals surface area contributed by atoms with E-state index in [1.54, 1.807) is 0 Å². The number of nitrogens with zero attached hydrogens (tertiary/aromatic N) is 1. The number of carboxylic acid groups (broad SMARTS) is 1. The van der Waals surface area contributed by atoms with Crippen molar-refractivity contribution in [1.29, 1.82) is 0 Å². The van der Waals surface area contributed by atoms with E-state index in [2.05, 4.69) is 0 Å². The predicted molar refractivity (Wildman–Crippen MR) is 54.7 cm³/mol. The minimum Gasteiger partial charge on any atom is -0.479 e. The molecule has 0 spiro atoms. The second kappa shape index (κ2) is 4.03. The van der Waals surface area contributed by atoms with E-state index < -0.39 is 17.6 Å². The van der Waals surface area contributed by atoms with Crippen molar-refractivity contribution in [3.8, 4) is 0 Å². The van der Waals surface area contributed by atoms with Crippen molar-refractivity contribution in [3.05, 3.63) is 0 Å². The Kier molecular flexibility index (Phi) is 2.86. The molecule has 6 heteroatoms. The van der Waals surface area contributed by atoms with Gasteiger partial charge in [0.15, 0.2) is 6.10 Å². The highest BCUT2D eigenvalue weighted by Crippen LogP contribution is 2.31. The largest absolute Gasteiger partial charge is 0.479 e. The average molecular weight is 228 g/mol. The van der Waals surface area contributed by atoms with Crippen molar-refractivity contribution >= 4 is 11.9 Å². The van der Waals surface area contributed by atoms with Gasteiger partial charge in [0.2, 0.25) is 5.91 Å². The van der Waals surface area contributed by atoms with Gasteiger partial charge < -0.3 is 20.5 Å². The van der Waals surface area contributed by atoms with Crippen LogP contribution in [-0.2, 0) is 14.3 Å². The number of ether oxygens (including phenoxy) is 1. The van der Waals surface area contributed by atoms with Gasteiger partial charge in [0.05, 0.1) is 18.7 Å². The smallest absolute Gasteiger partial charge is 0.334 e.